The highest BCUT2D eigenvalue weighted by molar-refractivity contribution is 6.00. The highest BCUT2D eigenvalue weighted by Crippen LogP contribution is 2.48. The summed E-state index contributed by atoms with van der Waals surface area (Å²) in [4.78, 5) is 12.8. The van der Waals surface area contributed by atoms with Crippen LogP contribution in [0.25, 0.3) is 6.08 Å². The molecule has 1 fully saturated rings. The Balaban J connectivity index is 1.78. The summed E-state index contributed by atoms with van der Waals surface area (Å²) >= 11 is 0. The van der Waals surface area contributed by atoms with Crippen LogP contribution in [0.4, 0.5) is 5.69 Å². The summed E-state index contributed by atoms with van der Waals surface area (Å²) in [6.45, 7) is 7.06. The Kier molecular flexibility index (Phi) is 6.23. The first kappa shape index (κ1) is 24.3. The van der Waals surface area contributed by atoms with Crippen LogP contribution in [0.1, 0.15) is 50.3 Å². The van der Waals surface area contributed by atoms with E-state index in [2.05, 4.69) is 19.2 Å². The van der Waals surface area contributed by atoms with E-state index in [0.29, 0.717) is 29.2 Å². The third-order valence-corrected chi connectivity index (χ3v) is 6.94. The monoisotopic (exact) mass is 467 g/mol. The van der Waals surface area contributed by atoms with Gasteiger partial charge in [-0.1, -0.05) is 38.1 Å². The molecule has 7 heteroatoms. The van der Waals surface area contributed by atoms with Crippen molar-refractivity contribution in [2.45, 2.75) is 50.9 Å². The minimum absolute atomic E-state index is 0.131. The Morgan fingerprint density at radius 1 is 1.09 bits per heavy atom. The van der Waals surface area contributed by atoms with Crippen LogP contribution in [0, 0.1) is 5.41 Å². The van der Waals surface area contributed by atoms with Gasteiger partial charge in [-0.05, 0) is 55.0 Å². The number of methoxy groups -OCH3 is 2. The predicted octanol–water partition coefficient (Wildman–Crippen LogP) is 4.21. The van der Waals surface area contributed by atoms with E-state index in [-0.39, 0.29) is 16.7 Å². The first-order valence-corrected chi connectivity index (χ1v) is 11.4. The molecule has 0 bridgehead atoms. The van der Waals surface area contributed by atoms with Gasteiger partial charge in [0.25, 0.3) is 5.91 Å². The van der Waals surface area contributed by atoms with Crippen LogP contribution in [-0.2, 0) is 19.9 Å². The molecule has 4 rings (SSSR count). The predicted molar refractivity (Wildman–Crippen MR) is 130 cm³/mol. The van der Waals surface area contributed by atoms with Crippen LogP contribution in [0.2, 0.25) is 0 Å². The number of aliphatic hydroxyl groups is 1. The number of fused-ring (bicyclic) bond motifs is 1. The maximum absolute atomic E-state index is 12.8. The second kappa shape index (κ2) is 8.73. The molecule has 2 aromatic carbocycles. The Morgan fingerprint density at radius 3 is 2.38 bits per heavy atom. The molecule has 7 nitrogen and oxygen atoms in total. The Bertz CT molecular complexity index is 1100. The number of amides is 1. The molecule has 1 saturated heterocycles. The lowest BCUT2D eigenvalue weighted by atomic mass is 9.76. The number of carbonyl (C=O) groups excluding carboxylic acids is 1. The smallest absolute Gasteiger partial charge is 0.257 e. The lowest BCUT2D eigenvalue weighted by molar-refractivity contribution is -0.142. The first-order valence-electron chi connectivity index (χ1n) is 11.4. The standard InChI is InChI=1S/C27H33NO6/c1-25(2)14-15-26(3,34-16-25)13-12-17-6-11-20-21(22(17)29)27(31,23(33-5)24(30)28-20)18-7-9-19(32-4)10-8-18/h6-13,23,29,31H,14-16H2,1-5H3,(H,28,30)/b13-12+/t23-,26+,27+/m1/s1. The second-order valence-corrected chi connectivity index (χ2v) is 10.1. The molecule has 3 N–H and O–H groups in total. The zero-order valence-electron chi connectivity index (χ0n) is 20.3. The maximum Gasteiger partial charge on any atom is 0.257 e. The number of aromatic hydroxyl groups is 1. The van der Waals surface area contributed by atoms with Crippen LogP contribution < -0.4 is 10.1 Å². The zero-order chi connectivity index (χ0) is 24.7. The van der Waals surface area contributed by atoms with Crippen molar-refractivity contribution < 1.29 is 29.2 Å². The van der Waals surface area contributed by atoms with E-state index < -0.39 is 23.2 Å². The van der Waals surface area contributed by atoms with Crippen LogP contribution in [0.3, 0.4) is 0 Å². The van der Waals surface area contributed by atoms with Gasteiger partial charge in [-0.2, -0.15) is 0 Å². The summed E-state index contributed by atoms with van der Waals surface area (Å²) in [5.41, 5.74) is -0.808. The van der Waals surface area contributed by atoms with Gasteiger partial charge in [0.2, 0.25) is 0 Å². The van der Waals surface area contributed by atoms with Crippen LogP contribution >= 0.6 is 0 Å². The van der Waals surface area contributed by atoms with Crippen molar-refractivity contribution >= 4 is 17.7 Å². The summed E-state index contributed by atoms with van der Waals surface area (Å²) in [5, 5.41) is 26.1. The molecule has 3 atom stereocenters. The molecule has 2 aliphatic rings. The number of hydrogen-bond acceptors (Lipinski definition) is 6. The molecule has 2 heterocycles. The van der Waals surface area contributed by atoms with E-state index >= 15 is 0 Å². The normalized spacial score (nSPS) is 28.4. The summed E-state index contributed by atoms with van der Waals surface area (Å²) < 4.78 is 16.8. The fourth-order valence-electron chi connectivity index (χ4n) is 4.66. The number of phenols is 1. The quantitative estimate of drug-likeness (QED) is 0.610. The van der Waals surface area contributed by atoms with E-state index in [1.807, 2.05) is 13.0 Å². The fraction of sp³-hybridized carbons (Fsp3) is 0.444. The highest BCUT2D eigenvalue weighted by Gasteiger charge is 2.51. The summed E-state index contributed by atoms with van der Waals surface area (Å²) in [6, 6.07) is 10.1. The molecule has 0 spiro atoms. The van der Waals surface area contributed by atoms with Crippen molar-refractivity contribution in [1.29, 1.82) is 0 Å². The number of ether oxygens (including phenoxy) is 3. The van der Waals surface area contributed by atoms with Crippen molar-refractivity contribution in [2.24, 2.45) is 5.41 Å². The minimum Gasteiger partial charge on any atom is -0.507 e. The van der Waals surface area contributed by atoms with Gasteiger partial charge in [0, 0.05) is 12.7 Å². The van der Waals surface area contributed by atoms with Crippen LogP contribution in [0.15, 0.2) is 42.5 Å². The minimum atomic E-state index is -1.91. The fourth-order valence-corrected chi connectivity index (χ4v) is 4.66. The number of hydrogen-bond donors (Lipinski definition) is 3. The summed E-state index contributed by atoms with van der Waals surface area (Å²) in [6.07, 6.45) is 4.38. The molecule has 0 aromatic heterocycles. The molecule has 0 saturated carbocycles. The maximum atomic E-state index is 12.8. The van der Waals surface area contributed by atoms with E-state index in [1.165, 1.54) is 7.11 Å². The van der Waals surface area contributed by atoms with Gasteiger partial charge in [-0.15, -0.1) is 0 Å². The molecule has 2 aliphatic heterocycles. The highest BCUT2D eigenvalue weighted by atomic mass is 16.5. The summed E-state index contributed by atoms with van der Waals surface area (Å²) in [7, 11) is 2.90. The molecule has 34 heavy (non-hydrogen) atoms. The van der Waals surface area contributed by atoms with E-state index in [4.69, 9.17) is 14.2 Å². The van der Waals surface area contributed by atoms with Gasteiger partial charge in [0.1, 0.15) is 11.5 Å². The summed E-state index contributed by atoms with van der Waals surface area (Å²) in [5.74, 6) is -0.0257. The van der Waals surface area contributed by atoms with Gasteiger partial charge in [-0.25, -0.2) is 0 Å². The Labute approximate surface area is 200 Å². The van der Waals surface area contributed by atoms with Gasteiger partial charge in [0.05, 0.1) is 30.6 Å². The average Bonchev–Trinajstić information content (AvgIpc) is 2.81. The lowest BCUT2D eigenvalue weighted by Gasteiger charge is -2.41. The lowest BCUT2D eigenvalue weighted by Crippen LogP contribution is -2.52. The van der Waals surface area contributed by atoms with Gasteiger partial charge in [0.15, 0.2) is 11.7 Å². The number of phenolic OH excluding ortho intramolecular Hbond substituents is 1. The third-order valence-electron chi connectivity index (χ3n) is 6.94. The number of anilines is 1. The van der Waals surface area contributed by atoms with E-state index in [1.54, 1.807) is 49.6 Å². The van der Waals surface area contributed by atoms with E-state index in [0.717, 1.165) is 12.8 Å². The second-order valence-electron chi connectivity index (χ2n) is 10.1. The Hall–Kier alpha value is -2.87. The number of carbonyl (C=O) groups is 1. The van der Waals surface area contributed by atoms with Crippen molar-refractivity contribution in [1.82, 2.24) is 0 Å². The van der Waals surface area contributed by atoms with Crippen molar-refractivity contribution in [3.05, 3.63) is 59.2 Å². The van der Waals surface area contributed by atoms with Crippen molar-refractivity contribution in [3.63, 3.8) is 0 Å². The molecule has 2 aromatic rings. The first-order chi connectivity index (χ1) is 16.0. The molecule has 1 amide bonds. The number of benzene rings is 2. The molecule has 0 unspecified atom stereocenters. The molecular weight excluding hydrogens is 434 g/mol. The van der Waals surface area contributed by atoms with Crippen molar-refractivity contribution in [2.75, 3.05) is 26.1 Å². The van der Waals surface area contributed by atoms with Gasteiger partial charge >= 0.3 is 0 Å². The van der Waals surface area contributed by atoms with Crippen LogP contribution in [0.5, 0.6) is 11.5 Å². The van der Waals surface area contributed by atoms with Gasteiger partial charge in [-0.3, -0.25) is 4.79 Å². The van der Waals surface area contributed by atoms with Crippen molar-refractivity contribution in [3.8, 4) is 11.5 Å². The zero-order valence-corrected chi connectivity index (χ0v) is 20.3. The number of nitrogens with one attached hydrogen (secondary N) is 1. The SMILES string of the molecule is COc1ccc([C@]2(O)c3c(ccc(/C=C/[C@@]4(C)CCC(C)(C)CO4)c3O)NC(=O)[C@H]2OC)cc1. The molecular formula is C27H33NO6. The molecule has 0 radical (unpaired) electrons. The largest absolute Gasteiger partial charge is 0.507 e. The average molecular weight is 468 g/mol. The molecule has 182 valence electrons. The topological polar surface area (TPSA) is 97.3 Å². The molecule has 0 aliphatic carbocycles. The third kappa shape index (κ3) is 4.19. The Morgan fingerprint density at radius 2 is 1.79 bits per heavy atom. The van der Waals surface area contributed by atoms with Crippen LogP contribution in [-0.4, -0.2) is 48.7 Å². The number of rotatable bonds is 5. The van der Waals surface area contributed by atoms with Gasteiger partial charge < -0.3 is 29.7 Å². The van der Waals surface area contributed by atoms with E-state index in [9.17, 15) is 15.0 Å².